The summed E-state index contributed by atoms with van der Waals surface area (Å²) in [6.45, 7) is 2.37. The summed E-state index contributed by atoms with van der Waals surface area (Å²) in [7, 11) is -4.06. The number of hydrogen-bond donors (Lipinski definition) is 1. The molecule has 1 rings (SSSR count). The van der Waals surface area contributed by atoms with Crippen molar-refractivity contribution >= 4 is 15.7 Å². The van der Waals surface area contributed by atoms with Gasteiger partial charge < -0.3 is 4.74 Å². The lowest BCUT2D eigenvalue weighted by molar-refractivity contribution is -0.385. The van der Waals surface area contributed by atoms with Crippen LogP contribution in [0.4, 0.5) is 5.69 Å². The zero-order valence-corrected chi connectivity index (χ0v) is 11.4. The Balaban J connectivity index is 3.00. The highest BCUT2D eigenvalue weighted by molar-refractivity contribution is 7.89. The normalized spacial score (nSPS) is 11.3. The first-order valence-electron chi connectivity index (χ1n) is 5.80. The first kappa shape index (κ1) is 15.4. The second-order valence-corrected chi connectivity index (χ2v) is 5.52. The average Bonchev–Trinajstić information content (AvgIpc) is 2.33. The van der Waals surface area contributed by atoms with Crippen molar-refractivity contribution in [3.8, 4) is 5.75 Å². The summed E-state index contributed by atoms with van der Waals surface area (Å²) >= 11 is 0. The molecule has 0 aromatic heterocycles. The van der Waals surface area contributed by atoms with Gasteiger partial charge in [0.25, 0.3) is 5.69 Å². The number of rotatable bonds is 7. The Morgan fingerprint density at radius 1 is 1.37 bits per heavy atom. The van der Waals surface area contributed by atoms with E-state index >= 15 is 0 Å². The van der Waals surface area contributed by atoms with Crippen LogP contribution in [0.1, 0.15) is 26.2 Å². The van der Waals surface area contributed by atoms with Crippen LogP contribution in [-0.4, -0.2) is 19.9 Å². The number of nitrogens with two attached hydrogens (primary N) is 1. The summed E-state index contributed by atoms with van der Waals surface area (Å²) in [4.78, 5) is 9.57. The fourth-order valence-corrected chi connectivity index (χ4v) is 2.18. The van der Waals surface area contributed by atoms with E-state index < -0.39 is 14.9 Å². The topological polar surface area (TPSA) is 113 Å². The number of non-ortho nitro benzene ring substituents is 1. The molecule has 0 aliphatic heterocycles. The summed E-state index contributed by atoms with van der Waals surface area (Å²) in [5.41, 5.74) is -0.343. The second-order valence-electron chi connectivity index (χ2n) is 3.99. The molecule has 0 saturated carbocycles. The van der Waals surface area contributed by atoms with Crippen molar-refractivity contribution in [1.82, 2.24) is 0 Å². The highest BCUT2D eigenvalue weighted by atomic mass is 32.2. The van der Waals surface area contributed by atoms with Gasteiger partial charge in [0.15, 0.2) is 0 Å². The Kier molecular flexibility index (Phi) is 5.25. The summed E-state index contributed by atoms with van der Waals surface area (Å²) < 4.78 is 28.1. The molecular formula is C11H16N2O5S. The van der Waals surface area contributed by atoms with E-state index in [1.165, 1.54) is 12.1 Å². The second kappa shape index (κ2) is 6.48. The molecule has 19 heavy (non-hydrogen) atoms. The van der Waals surface area contributed by atoms with Crippen molar-refractivity contribution in [3.63, 3.8) is 0 Å². The number of nitro groups is 1. The van der Waals surface area contributed by atoms with Crippen LogP contribution in [0.2, 0.25) is 0 Å². The van der Waals surface area contributed by atoms with Crippen molar-refractivity contribution < 1.29 is 18.1 Å². The maximum absolute atomic E-state index is 11.4. The van der Waals surface area contributed by atoms with Crippen LogP contribution in [0.5, 0.6) is 5.75 Å². The Hall–Kier alpha value is -1.67. The maximum Gasteiger partial charge on any atom is 0.271 e. The first-order chi connectivity index (χ1) is 8.86. The molecule has 1 aromatic rings. The van der Waals surface area contributed by atoms with E-state index in [1.54, 1.807) is 0 Å². The summed E-state index contributed by atoms with van der Waals surface area (Å²) in [6, 6.07) is 3.35. The van der Waals surface area contributed by atoms with Crippen LogP contribution in [-0.2, 0) is 10.0 Å². The van der Waals surface area contributed by atoms with Crippen molar-refractivity contribution in [3.05, 3.63) is 28.3 Å². The number of sulfonamides is 1. The monoisotopic (exact) mass is 288 g/mol. The zero-order valence-electron chi connectivity index (χ0n) is 10.5. The van der Waals surface area contributed by atoms with E-state index in [9.17, 15) is 18.5 Å². The Bertz CT molecular complexity index is 556. The van der Waals surface area contributed by atoms with Gasteiger partial charge in [0.05, 0.1) is 11.5 Å². The van der Waals surface area contributed by atoms with Crippen LogP contribution < -0.4 is 9.88 Å². The van der Waals surface area contributed by atoms with Crippen LogP contribution >= 0.6 is 0 Å². The molecule has 0 aliphatic rings. The number of ether oxygens (including phenoxy) is 1. The summed E-state index contributed by atoms with van der Waals surface area (Å²) in [5.74, 6) is 0.0456. The number of nitro benzene ring substituents is 1. The van der Waals surface area contributed by atoms with Crippen LogP contribution in [0.3, 0.4) is 0 Å². The lowest BCUT2D eigenvalue weighted by Crippen LogP contribution is -2.14. The quantitative estimate of drug-likeness (QED) is 0.467. The van der Waals surface area contributed by atoms with Crippen molar-refractivity contribution in [1.29, 1.82) is 0 Å². The van der Waals surface area contributed by atoms with Gasteiger partial charge in [-0.05, 0) is 12.5 Å². The largest absolute Gasteiger partial charge is 0.492 e. The molecule has 0 fully saturated rings. The van der Waals surface area contributed by atoms with Gasteiger partial charge in [-0.2, -0.15) is 0 Å². The fraction of sp³-hybridized carbons (Fsp3) is 0.455. The van der Waals surface area contributed by atoms with E-state index in [2.05, 4.69) is 0 Å². The van der Waals surface area contributed by atoms with Crippen molar-refractivity contribution in [2.75, 3.05) is 6.61 Å². The van der Waals surface area contributed by atoms with E-state index in [4.69, 9.17) is 9.88 Å². The van der Waals surface area contributed by atoms with E-state index in [-0.39, 0.29) is 16.3 Å². The van der Waals surface area contributed by atoms with E-state index in [0.717, 1.165) is 25.3 Å². The van der Waals surface area contributed by atoms with Gasteiger partial charge >= 0.3 is 0 Å². The fourth-order valence-electron chi connectivity index (χ4n) is 1.49. The van der Waals surface area contributed by atoms with Gasteiger partial charge in [-0.15, -0.1) is 0 Å². The van der Waals surface area contributed by atoms with Crippen LogP contribution in [0, 0.1) is 10.1 Å². The maximum atomic E-state index is 11.4. The third kappa shape index (κ3) is 4.49. The van der Waals surface area contributed by atoms with Crippen molar-refractivity contribution in [2.24, 2.45) is 5.14 Å². The molecule has 1 aromatic carbocycles. The lowest BCUT2D eigenvalue weighted by atomic mass is 10.2. The standard InChI is InChI=1S/C11H16N2O5S/c1-2-3-4-7-18-10-6-5-9(13(14)15)8-11(10)19(12,16)17/h5-6,8H,2-4,7H2,1H3,(H2,12,16,17). The Morgan fingerprint density at radius 3 is 2.58 bits per heavy atom. The van der Waals surface area contributed by atoms with Crippen LogP contribution in [0.25, 0.3) is 0 Å². The predicted octanol–water partition coefficient (Wildman–Crippen LogP) is 1.81. The SMILES string of the molecule is CCCCCOc1ccc([N+](=O)[O-])cc1S(N)(=O)=O. The van der Waals surface area contributed by atoms with Gasteiger partial charge in [0.1, 0.15) is 10.6 Å². The first-order valence-corrected chi connectivity index (χ1v) is 7.35. The molecule has 0 amide bonds. The number of hydrogen-bond acceptors (Lipinski definition) is 5. The summed E-state index contributed by atoms with van der Waals surface area (Å²) in [5, 5.41) is 15.6. The third-order valence-corrected chi connectivity index (χ3v) is 3.38. The smallest absolute Gasteiger partial charge is 0.271 e. The molecule has 0 radical (unpaired) electrons. The van der Waals surface area contributed by atoms with Gasteiger partial charge in [-0.3, -0.25) is 10.1 Å². The van der Waals surface area contributed by atoms with E-state index in [1.807, 2.05) is 6.92 Å². The molecule has 8 heteroatoms. The van der Waals surface area contributed by atoms with Crippen molar-refractivity contribution in [2.45, 2.75) is 31.1 Å². The number of nitrogens with zero attached hydrogens (tertiary/aromatic N) is 1. The molecule has 0 atom stereocenters. The lowest BCUT2D eigenvalue weighted by Gasteiger charge is -2.09. The highest BCUT2D eigenvalue weighted by Gasteiger charge is 2.19. The zero-order chi connectivity index (χ0) is 14.5. The molecule has 0 unspecified atom stereocenters. The predicted molar refractivity (Wildman–Crippen MR) is 69.5 cm³/mol. The number of benzene rings is 1. The summed E-state index contributed by atoms with van der Waals surface area (Å²) in [6.07, 6.45) is 2.74. The minimum Gasteiger partial charge on any atom is -0.492 e. The molecule has 2 N–H and O–H groups in total. The minimum atomic E-state index is -4.06. The Morgan fingerprint density at radius 2 is 2.05 bits per heavy atom. The van der Waals surface area contributed by atoms with Gasteiger partial charge in [-0.1, -0.05) is 19.8 Å². The minimum absolute atomic E-state index is 0.0456. The molecule has 7 nitrogen and oxygen atoms in total. The number of unbranched alkanes of at least 4 members (excludes halogenated alkanes) is 2. The molecule has 106 valence electrons. The average molecular weight is 288 g/mol. The van der Waals surface area contributed by atoms with Gasteiger partial charge in [0, 0.05) is 12.1 Å². The number of primary sulfonamides is 1. The molecule has 0 aliphatic carbocycles. The van der Waals surface area contributed by atoms with Gasteiger partial charge in [0.2, 0.25) is 10.0 Å². The molecular weight excluding hydrogens is 272 g/mol. The van der Waals surface area contributed by atoms with E-state index in [0.29, 0.717) is 6.61 Å². The van der Waals surface area contributed by atoms with Crippen LogP contribution in [0.15, 0.2) is 23.1 Å². The third-order valence-electron chi connectivity index (χ3n) is 2.45. The van der Waals surface area contributed by atoms with Gasteiger partial charge in [-0.25, -0.2) is 13.6 Å². The Labute approximate surface area is 111 Å². The molecule has 0 heterocycles. The molecule has 0 saturated heterocycles. The molecule has 0 bridgehead atoms. The highest BCUT2D eigenvalue weighted by Crippen LogP contribution is 2.27. The molecule has 0 spiro atoms.